The molecule has 0 spiro atoms. The number of amides is 1. The number of aliphatic imine (C=N–C) groups is 1. The molecule has 0 saturated carbocycles. The summed E-state index contributed by atoms with van der Waals surface area (Å²) >= 11 is 0. The Kier molecular flexibility index (Phi) is 7.16. The highest BCUT2D eigenvalue weighted by molar-refractivity contribution is 7.90. The predicted molar refractivity (Wildman–Crippen MR) is 136 cm³/mol. The fourth-order valence-electron chi connectivity index (χ4n) is 3.65. The molecule has 0 radical (unpaired) electrons. The van der Waals surface area contributed by atoms with Gasteiger partial charge in [0.15, 0.2) is 6.29 Å². The van der Waals surface area contributed by atoms with Crippen molar-refractivity contribution in [2.45, 2.75) is 18.2 Å². The van der Waals surface area contributed by atoms with Crippen molar-refractivity contribution in [2.75, 3.05) is 0 Å². The number of carbonyl (C=O) groups is 2. The Morgan fingerprint density at radius 3 is 2.50 bits per heavy atom. The summed E-state index contributed by atoms with van der Waals surface area (Å²) in [5.41, 5.74) is 5.74. The number of carbonyl (C=O) groups excluding carboxylic acids is 2. The molecule has 1 aromatic heterocycles. The molecule has 182 valence electrons. The third-order valence-corrected chi connectivity index (χ3v) is 6.99. The molecule has 0 aliphatic carbocycles. The highest BCUT2D eigenvalue weighted by atomic mass is 32.2. The molecule has 10 heteroatoms. The van der Waals surface area contributed by atoms with E-state index in [4.69, 9.17) is 0 Å². The van der Waals surface area contributed by atoms with Gasteiger partial charge in [-0.3, -0.25) is 14.6 Å². The van der Waals surface area contributed by atoms with E-state index >= 15 is 0 Å². The van der Waals surface area contributed by atoms with E-state index in [1.807, 2.05) is 24.3 Å². The van der Waals surface area contributed by atoms with Crippen LogP contribution >= 0.6 is 0 Å². The zero-order valence-electron chi connectivity index (χ0n) is 19.1. The van der Waals surface area contributed by atoms with Crippen LogP contribution < -0.4 is 5.43 Å². The second-order valence-corrected chi connectivity index (χ2v) is 9.49. The number of aldehydes is 1. The summed E-state index contributed by atoms with van der Waals surface area (Å²) in [5.74, 6) is -0.995. The van der Waals surface area contributed by atoms with Crippen LogP contribution in [0, 0.1) is 5.82 Å². The summed E-state index contributed by atoms with van der Waals surface area (Å²) in [4.78, 5) is 25.7. The maximum absolute atomic E-state index is 13.8. The maximum Gasteiger partial charge on any atom is 0.271 e. The number of hydrogen-bond donors (Lipinski definition) is 1. The van der Waals surface area contributed by atoms with Crippen molar-refractivity contribution in [3.8, 4) is 0 Å². The van der Waals surface area contributed by atoms with Crippen LogP contribution in [0.3, 0.4) is 0 Å². The van der Waals surface area contributed by atoms with Crippen molar-refractivity contribution in [1.29, 1.82) is 0 Å². The lowest BCUT2D eigenvalue weighted by molar-refractivity contribution is -0.118. The van der Waals surface area contributed by atoms with Crippen molar-refractivity contribution in [3.63, 3.8) is 0 Å². The largest absolute Gasteiger partial charge is 0.298 e. The molecule has 4 aromatic rings. The Morgan fingerprint density at radius 2 is 1.75 bits per heavy atom. The van der Waals surface area contributed by atoms with Gasteiger partial charge in [0.1, 0.15) is 10.7 Å². The van der Waals surface area contributed by atoms with Gasteiger partial charge in [-0.05, 0) is 24.3 Å². The summed E-state index contributed by atoms with van der Waals surface area (Å²) in [6, 6.07) is 19.5. The van der Waals surface area contributed by atoms with Gasteiger partial charge in [-0.1, -0.05) is 48.5 Å². The minimum atomic E-state index is -4.10. The number of hydrogen-bond acceptors (Lipinski definition) is 6. The number of halogens is 1. The summed E-state index contributed by atoms with van der Waals surface area (Å²) in [6.07, 6.45) is 4.23. The van der Waals surface area contributed by atoms with Crippen molar-refractivity contribution < 1.29 is 22.4 Å². The fraction of sp³-hybridized carbons (Fsp3) is 0.0769. The molecule has 36 heavy (non-hydrogen) atoms. The third kappa shape index (κ3) is 4.98. The first-order chi connectivity index (χ1) is 17.3. The van der Waals surface area contributed by atoms with Crippen LogP contribution in [0.4, 0.5) is 10.1 Å². The van der Waals surface area contributed by atoms with Crippen LogP contribution in [0.25, 0.3) is 10.9 Å². The van der Waals surface area contributed by atoms with E-state index in [-0.39, 0.29) is 11.5 Å². The van der Waals surface area contributed by atoms with Gasteiger partial charge in [0.25, 0.3) is 10.0 Å². The Hall–Kier alpha value is -4.44. The number of rotatable bonds is 4. The van der Waals surface area contributed by atoms with Gasteiger partial charge < -0.3 is 0 Å². The molecule has 8 nitrogen and oxygen atoms in total. The Bertz CT molecular complexity index is 1620. The number of hydrazone groups is 1. The first-order valence-electron chi connectivity index (χ1n) is 10.8. The van der Waals surface area contributed by atoms with Crippen LogP contribution in [0.5, 0.6) is 0 Å². The Balaban J connectivity index is 0.000000179. The number of fused-ring (bicyclic) bond motifs is 2. The average molecular weight is 505 g/mol. The van der Waals surface area contributed by atoms with Crippen LogP contribution in [0.1, 0.15) is 29.3 Å². The zero-order valence-corrected chi connectivity index (χ0v) is 19.9. The molecular weight excluding hydrogens is 483 g/mol. The van der Waals surface area contributed by atoms with E-state index in [1.165, 1.54) is 31.3 Å². The molecule has 5 rings (SSSR count). The molecule has 1 amide bonds. The summed E-state index contributed by atoms with van der Waals surface area (Å²) < 4.78 is 39.9. The van der Waals surface area contributed by atoms with Crippen molar-refractivity contribution >= 4 is 50.7 Å². The molecular formula is C26H21FN4O4S. The zero-order chi connectivity index (χ0) is 25.7. The monoisotopic (exact) mass is 504 g/mol. The van der Waals surface area contributed by atoms with E-state index in [1.54, 1.807) is 30.5 Å². The van der Waals surface area contributed by atoms with E-state index in [2.05, 4.69) is 15.5 Å². The van der Waals surface area contributed by atoms with E-state index in [0.29, 0.717) is 23.6 Å². The summed E-state index contributed by atoms with van der Waals surface area (Å²) in [7, 11) is -4.10. The smallest absolute Gasteiger partial charge is 0.271 e. The molecule has 1 aliphatic heterocycles. The van der Waals surface area contributed by atoms with Crippen molar-refractivity contribution in [1.82, 2.24) is 9.40 Å². The summed E-state index contributed by atoms with van der Waals surface area (Å²) in [6.45, 7) is 1.44. The molecule has 0 atom stereocenters. The van der Waals surface area contributed by atoms with Crippen LogP contribution in [-0.2, 0) is 14.8 Å². The van der Waals surface area contributed by atoms with Crippen LogP contribution in [0.15, 0.2) is 94.0 Å². The lowest BCUT2D eigenvalue weighted by Crippen LogP contribution is -2.17. The van der Waals surface area contributed by atoms with Gasteiger partial charge in [0.2, 0.25) is 5.91 Å². The Labute approximate surface area is 206 Å². The van der Waals surface area contributed by atoms with Gasteiger partial charge in [-0.15, -0.1) is 0 Å². The topological polar surface area (TPSA) is 110 Å². The maximum atomic E-state index is 13.8. The van der Waals surface area contributed by atoms with Gasteiger partial charge in [0, 0.05) is 42.3 Å². The second kappa shape index (κ2) is 10.4. The second-order valence-electron chi connectivity index (χ2n) is 7.71. The predicted octanol–water partition coefficient (Wildman–Crippen LogP) is 4.46. The molecule has 0 saturated heterocycles. The molecule has 0 unspecified atom stereocenters. The molecule has 2 heterocycles. The quantitative estimate of drug-likeness (QED) is 0.327. The van der Waals surface area contributed by atoms with Crippen molar-refractivity contribution in [2.24, 2.45) is 10.1 Å². The minimum Gasteiger partial charge on any atom is -0.298 e. The highest BCUT2D eigenvalue weighted by Gasteiger charge is 2.23. The lowest BCUT2D eigenvalue weighted by Gasteiger charge is -2.11. The van der Waals surface area contributed by atoms with Crippen molar-refractivity contribution in [3.05, 3.63) is 95.9 Å². The van der Waals surface area contributed by atoms with Crippen LogP contribution in [0.2, 0.25) is 0 Å². The number of nitrogens with zero attached hydrogens (tertiary/aromatic N) is 3. The van der Waals surface area contributed by atoms with Gasteiger partial charge in [-0.2, -0.15) is 5.10 Å². The number of nitrogens with one attached hydrogen (secondary N) is 1. The molecule has 1 aliphatic rings. The van der Waals surface area contributed by atoms with Crippen LogP contribution in [-0.4, -0.2) is 36.5 Å². The van der Waals surface area contributed by atoms with E-state index in [9.17, 15) is 22.4 Å². The van der Waals surface area contributed by atoms with Gasteiger partial charge >= 0.3 is 0 Å². The van der Waals surface area contributed by atoms with Gasteiger partial charge in [0.05, 0.1) is 16.9 Å². The van der Waals surface area contributed by atoms with E-state index in [0.717, 1.165) is 27.0 Å². The lowest BCUT2D eigenvalue weighted by atomic mass is 10.0. The minimum absolute atomic E-state index is 0.164. The first kappa shape index (κ1) is 24.7. The molecule has 0 bridgehead atoms. The number of para-hydroxylation sites is 2. The first-order valence-corrected chi connectivity index (χ1v) is 12.3. The van der Waals surface area contributed by atoms with Gasteiger partial charge in [-0.25, -0.2) is 22.2 Å². The Morgan fingerprint density at radius 1 is 1.06 bits per heavy atom. The number of benzene rings is 3. The number of aromatic nitrogens is 1. The fourth-order valence-corrected chi connectivity index (χ4v) is 5.10. The normalized spacial score (nSPS) is 13.6. The molecule has 0 fully saturated rings. The average Bonchev–Trinajstić information content (AvgIpc) is 3.28. The summed E-state index contributed by atoms with van der Waals surface area (Å²) in [5, 5.41) is 4.56. The standard InChI is InChI=1S/C15H10FNO3S.C11H11N3O/c16-13-6-2-4-8-15(13)21(19,20)17-9-11(10-18)12-5-1-3-7-14(12)17;1-8(15)13-14-11-6-7-12-10-5-3-2-4-9(10)11/h1-10H;2-5,7H,6H2,1H3,(H,13,15). The molecule has 3 aromatic carbocycles. The highest BCUT2D eigenvalue weighted by Crippen LogP contribution is 2.26. The third-order valence-electron chi connectivity index (χ3n) is 5.29. The van der Waals surface area contributed by atoms with E-state index < -0.39 is 20.7 Å². The molecule has 1 N–H and O–H groups in total. The SMILES string of the molecule is CC(=O)NN=C1CC=Nc2ccccc21.O=Cc1cn(S(=O)(=O)c2ccccc2F)c2ccccc12.